The Bertz CT molecular complexity index is 859. The topological polar surface area (TPSA) is 75.1 Å². The summed E-state index contributed by atoms with van der Waals surface area (Å²) in [5.74, 6) is -0.595. The van der Waals surface area contributed by atoms with Gasteiger partial charge in [0.1, 0.15) is 0 Å². The van der Waals surface area contributed by atoms with E-state index in [-0.39, 0.29) is 12.3 Å². The van der Waals surface area contributed by atoms with Gasteiger partial charge in [0, 0.05) is 5.69 Å². The maximum Gasteiger partial charge on any atom is 0.417 e. The normalized spacial score (nSPS) is 10.8. The highest BCUT2D eigenvalue weighted by Gasteiger charge is 2.07. The van der Waals surface area contributed by atoms with E-state index in [2.05, 4.69) is 17.2 Å². The summed E-state index contributed by atoms with van der Waals surface area (Å²) in [4.78, 5) is 25.8. The van der Waals surface area contributed by atoms with Gasteiger partial charge in [-0.15, -0.1) is 0 Å². The average molecular weight is 296 g/mol. The van der Waals surface area contributed by atoms with Gasteiger partial charge in [-0.05, 0) is 41.8 Å². The molecule has 0 atom stereocenters. The molecule has 0 radical (unpaired) electrons. The maximum atomic E-state index is 12.1. The maximum absolute atomic E-state index is 12.1. The smallest absolute Gasteiger partial charge is 0.408 e. The van der Waals surface area contributed by atoms with Crippen LogP contribution in [0.4, 0.5) is 5.69 Å². The summed E-state index contributed by atoms with van der Waals surface area (Å²) < 4.78 is 4.93. The van der Waals surface area contributed by atoms with Crippen molar-refractivity contribution in [3.63, 3.8) is 0 Å². The number of fused-ring (bicyclic) bond motifs is 1. The predicted molar refractivity (Wildman–Crippen MR) is 85.0 cm³/mol. The van der Waals surface area contributed by atoms with E-state index in [1.54, 1.807) is 18.2 Å². The van der Waals surface area contributed by atoms with E-state index < -0.39 is 5.76 Å². The number of nitrogens with one attached hydrogen (secondary N) is 2. The van der Waals surface area contributed by atoms with Crippen LogP contribution >= 0.6 is 0 Å². The molecule has 112 valence electrons. The average Bonchev–Trinajstić information content (AvgIpc) is 2.87. The minimum atomic E-state index is -0.493. The number of hydrogen-bond acceptors (Lipinski definition) is 3. The lowest BCUT2D eigenvalue weighted by Gasteiger charge is -2.06. The van der Waals surface area contributed by atoms with Crippen LogP contribution in [-0.4, -0.2) is 10.9 Å². The molecule has 0 bridgehead atoms. The SMILES string of the molecule is CCc1ccc(NC(=O)Cc2ccc3oc(=O)[nH]c3c2)cc1. The van der Waals surface area contributed by atoms with Gasteiger partial charge in [-0.2, -0.15) is 0 Å². The zero-order chi connectivity index (χ0) is 15.5. The number of aromatic amines is 1. The molecule has 0 aliphatic heterocycles. The quantitative estimate of drug-likeness (QED) is 0.777. The van der Waals surface area contributed by atoms with Gasteiger partial charge in [-0.3, -0.25) is 9.78 Å². The van der Waals surface area contributed by atoms with E-state index in [1.807, 2.05) is 24.3 Å². The molecular formula is C17H16N2O3. The second-order valence-electron chi connectivity index (χ2n) is 5.12. The molecule has 5 heteroatoms. The van der Waals surface area contributed by atoms with E-state index in [9.17, 15) is 9.59 Å². The Morgan fingerprint density at radius 3 is 2.59 bits per heavy atom. The first kappa shape index (κ1) is 14.1. The molecule has 0 spiro atoms. The summed E-state index contributed by atoms with van der Waals surface area (Å²) in [6.45, 7) is 2.09. The Morgan fingerprint density at radius 2 is 1.86 bits per heavy atom. The zero-order valence-electron chi connectivity index (χ0n) is 12.2. The molecule has 1 amide bonds. The number of amides is 1. The minimum Gasteiger partial charge on any atom is -0.408 e. The summed E-state index contributed by atoms with van der Waals surface area (Å²) in [5.41, 5.74) is 3.91. The Labute approximate surface area is 127 Å². The molecule has 1 aromatic heterocycles. The number of H-pyrrole nitrogens is 1. The van der Waals surface area contributed by atoms with Gasteiger partial charge in [0.05, 0.1) is 11.9 Å². The van der Waals surface area contributed by atoms with Crippen LogP contribution in [0.2, 0.25) is 0 Å². The molecule has 3 aromatic rings. The van der Waals surface area contributed by atoms with Crippen LogP contribution in [0, 0.1) is 0 Å². The number of rotatable bonds is 4. The van der Waals surface area contributed by atoms with Crippen molar-refractivity contribution >= 4 is 22.7 Å². The summed E-state index contributed by atoms with van der Waals surface area (Å²) >= 11 is 0. The molecule has 5 nitrogen and oxygen atoms in total. The number of benzene rings is 2. The molecular weight excluding hydrogens is 280 g/mol. The van der Waals surface area contributed by atoms with E-state index in [0.29, 0.717) is 11.1 Å². The van der Waals surface area contributed by atoms with E-state index in [4.69, 9.17) is 4.42 Å². The van der Waals surface area contributed by atoms with Gasteiger partial charge >= 0.3 is 5.76 Å². The van der Waals surface area contributed by atoms with Gasteiger partial charge in [-0.25, -0.2) is 4.79 Å². The molecule has 0 saturated carbocycles. The molecule has 0 saturated heterocycles. The molecule has 0 aliphatic carbocycles. The molecule has 0 fully saturated rings. The Hall–Kier alpha value is -2.82. The first-order valence-electron chi connectivity index (χ1n) is 7.14. The van der Waals surface area contributed by atoms with Gasteiger partial charge < -0.3 is 9.73 Å². The number of hydrogen-bond donors (Lipinski definition) is 2. The molecule has 22 heavy (non-hydrogen) atoms. The fourth-order valence-corrected chi connectivity index (χ4v) is 2.32. The zero-order valence-corrected chi connectivity index (χ0v) is 12.2. The highest BCUT2D eigenvalue weighted by atomic mass is 16.4. The Balaban J connectivity index is 1.70. The Morgan fingerprint density at radius 1 is 1.14 bits per heavy atom. The molecule has 1 heterocycles. The molecule has 3 rings (SSSR count). The van der Waals surface area contributed by atoms with E-state index in [0.717, 1.165) is 17.7 Å². The van der Waals surface area contributed by atoms with Crippen LogP contribution in [0.1, 0.15) is 18.1 Å². The summed E-state index contributed by atoms with van der Waals surface area (Å²) in [5, 5.41) is 2.86. The third-order valence-electron chi connectivity index (χ3n) is 3.49. The molecule has 2 N–H and O–H groups in total. The summed E-state index contributed by atoms with van der Waals surface area (Å²) in [6.07, 6.45) is 1.20. The number of oxazole rings is 1. The molecule has 2 aromatic carbocycles. The van der Waals surface area contributed by atoms with Crippen molar-refractivity contribution in [2.24, 2.45) is 0 Å². The van der Waals surface area contributed by atoms with Crippen molar-refractivity contribution in [3.05, 3.63) is 64.1 Å². The lowest BCUT2D eigenvalue weighted by Crippen LogP contribution is -2.14. The number of aryl methyl sites for hydroxylation is 1. The van der Waals surface area contributed by atoms with E-state index >= 15 is 0 Å². The van der Waals surface area contributed by atoms with Crippen LogP contribution in [0.5, 0.6) is 0 Å². The fraction of sp³-hybridized carbons (Fsp3) is 0.176. The van der Waals surface area contributed by atoms with Crippen LogP contribution < -0.4 is 11.1 Å². The van der Waals surface area contributed by atoms with Crippen molar-refractivity contribution in [2.75, 3.05) is 5.32 Å². The lowest BCUT2D eigenvalue weighted by molar-refractivity contribution is -0.115. The summed E-state index contributed by atoms with van der Waals surface area (Å²) in [6, 6.07) is 13.0. The van der Waals surface area contributed by atoms with Gasteiger partial charge in [0.15, 0.2) is 5.58 Å². The van der Waals surface area contributed by atoms with Gasteiger partial charge in [0.25, 0.3) is 0 Å². The highest BCUT2D eigenvalue weighted by molar-refractivity contribution is 5.92. The number of aromatic nitrogens is 1. The number of anilines is 1. The monoisotopic (exact) mass is 296 g/mol. The van der Waals surface area contributed by atoms with Crippen LogP contribution in [0.25, 0.3) is 11.1 Å². The van der Waals surface area contributed by atoms with Crippen LogP contribution in [0.15, 0.2) is 51.7 Å². The van der Waals surface area contributed by atoms with Crippen molar-refractivity contribution in [2.45, 2.75) is 19.8 Å². The van der Waals surface area contributed by atoms with E-state index in [1.165, 1.54) is 5.56 Å². The lowest BCUT2D eigenvalue weighted by atomic mass is 10.1. The first-order chi connectivity index (χ1) is 10.6. The number of carbonyl (C=O) groups excluding carboxylic acids is 1. The molecule has 0 unspecified atom stereocenters. The Kier molecular flexibility index (Phi) is 3.78. The molecule has 0 aliphatic rings. The first-order valence-corrected chi connectivity index (χ1v) is 7.14. The summed E-state index contributed by atoms with van der Waals surface area (Å²) in [7, 11) is 0. The van der Waals surface area contributed by atoms with Crippen molar-refractivity contribution in [3.8, 4) is 0 Å². The van der Waals surface area contributed by atoms with Crippen molar-refractivity contribution in [1.29, 1.82) is 0 Å². The number of carbonyl (C=O) groups is 1. The minimum absolute atomic E-state index is 0.102. The third-order valence-corrected chi connectivity index (χ3v) is 3.49. The van der Waals surface area contributed by atoms with Gasteiger partial charge in [0.2, 0.25) is 5.91 Å². The van der Waals surface area contributed by atoms with Crippen LogP contribution in [0.3, 0.4) is 0 Å². The predicted octanol–water partition coefficient (Wildman–Crippen LogP) is 2.86. The third kappa shape index (κ3) is 3.09. The fourth-order valence-electron chi connectivity index (χ4n) is 2.32. The van der Waals surface area contributed by atoms with Crippen LogP contribution in [-0.2, 0) is 17.6 Å². The largest absolute Gasteiger partial charge is 0.417 e. The van der Waals surface area contributed by atoms with Crippen molar-refractivity contribution < 1.29 is 9.21 Å². The van der Waals surface area contributed by atoms with Gasteiger partial charge in [-0.1, -0.05) is 25.1 Å². The highest BCUT2D eigenvalue weighted by Crippen LogP contribution is 2.14. The second-order valence-corrected chi connectivity index (χ2v) is 5.12. The standard InChI is InChI=1S/C17H16N2O3/c1-2-11-3-6-13(7-4-11)18-16(20)10-12-5-8-15-14(9-12)19-17(21)22-15/h3-9H,2,10H2,1H3,(H,18,20)(H,19,21). The second kappa shape index (κ2) is 5.89. The van der Waals surface area contributed by atoms with Crippen molar-refractivity contribution in [1.82, 2.24) is 4.98 Å².